The van der Waals surface area contributed by atoms with Crippen LogP contribution >= 0.6 is 0 Å². The molecule has 1 rings (SSSR count). The first kappa shape index (κ1) is 18.1. The van der Waals surface area contributed by atoms with Crippen LogP contribution in [-0.2, 0) is 25.6 Å². The van der Waals surface area contributed by atoms with Gasteiger partial charge in [-0.1, -0.05) is 19.1 Å². The Morgan fingerprint density at radius 1 is 0.952 bits per heavy atom. The fourth-order valence-electron chi connectivity index (χ4n) is 1.73. The second-order valence-electron chi connectivity index (χ2n) is 4.86. The van der Waals surface area contributed by atoms with Gasteiger partial charge in [0.2, 0.25) is 10.0 Å². The first-order chi connectivity index (χ1) is 9.74. The minimum atomic E-state index is -3.55. The molecule has 6 nitrogen and oxygen atoms in total. The van der Waals surface area contributed by atoms with Gasteiger partial charge in [0.15, 0.2) is 9.84 Å². The molecule has 8 heteroatoms. The van der Waals surface area contributed by atoms with Gasteiger partial charge in [-0.3, -0.25) is 0 Å². The van der Waals surface area contributed by atoms with Crippen molar-refractivity contribution in [2.45, 2.75) is 24.0 Å². The number of sulfonamides is 1. The molecule has 21 heavy (non-hydrogen) atoms. The van der Waals surface area contributed by atoms with E-state index in [1.54, 1.807) is 0 Å². The van der Waals surface area contributed by atoms with Crippen LogP contribution in [-0.4, -0.2) is 42.7 Å². The van der Waals surface area contributed by atoms with E-state index in [9.17, 15) is 16.8 Å². The van der Waals surface area contributed by atoms with Crippen molar-refractivity contribution in [2.24, 2.45) is 0 Å². The molecule has 0 fully saturated rings. The Morgan fingerprint density at radius 3 is 2.10 bits per heavy atom. The Bertz CT molecular complexity index is 637. The molecule has 0 atom stereocenters. The third kappa shape index (κ3) is 7.03. The highest BCUT2D eigenvalue weighted by Gasteiger charge is 2.13. The number of nitrogens with one attached hydrogen (secondary N) is 2. The lowest BCUT2D eigenvalue weighted by atomic mass is 10.2. The first-order valence-corrected chi connectivity index (χ1v) is 10.3. The van der Waals surface area contributed by atoms with Crippen LogP contribution in [0.15, 0.2) is 29.2 Å². The van der Waals surface area contributed by atoms with Crippen molar-refractivity contribution in [3.8, 4) is 0 Å². The Kier molecular flexibility index (Phi) is 6.79. The van der Waals surface area contributed by atoms with Crippen molar-refractivity contribution in [2.75, 3.05) is 25.9 Å². The standard InChI is InChI=1S/C13H22N2O4S2/c1-3-8-14-9-10-15-21(18,19)13-6-4-12(5-7-13)11-20(2,16)17/h4-7,14-15H,3,8-11H2,1-2H3. The second-order valence-corrected chi connectivity index (χ2v) is 8.77. The molecule has 0 heterocycles. The van der Waals surface area contributed by atoms with Gasteiger partial charge >= 0.3 is 0 Å². The second kappa shape index (κ2) is 7.88. The molecule has 0 radical (unpaired) electrons. The molecular weight excluding hydrogens is 312 g/mol. The lowest BCUT2D eigenvalue weighted by Crippen LogP contribution is -2.32. The van der Waals surface area contributed by atoms with Crippen LogP contribution in [0.5, 0.6) is 0 Å². The number of hydrogen-bond donors (Lipinski definition) is 2. The van der Waals surface area contributed by atoms with Gasteiger partial charge in [0.25, 0.3) is 0 Å². The lowest BCUT2D eigenvalue weighted by Gasteiger charge is -2.08. The van der Waals surface area contributed by atoms with Crippen molar-refractivity contribution in [3.63, 3.8) is 0 Å². The number of benzene rings is 1. The van der Waals surface area contributed by atoms with E-state index < -0.39 is 19.9 Å². The van der Waals surface area contributed by atoms with Crippen molar-refractivity contribution in [1.82, 2.24) is 10.0 Å². The number of hydrogen-bond acceptors (Lipinski definition) is 5. The Morgan fingerprint density at radius 2 is 1.57 bits per heavy atom. The molecule has 0 amide bonds. The average Bonchev–Trinajstić information content (AvgIpc) is 2.37. The monoisotopic (exact) mass is 334 g/mol. The third-order valence-corrected chi connectivity index (χ3v) is 5.02. The molecule has 2 N–H and O–H groups in total. The molecule has 0 bridgehead atoms. The smallest absolute Gasteiger partial charge is 0.240 e. The van der Waals surface area contributed by atoms with Crippen LogP contribution in [0.3, 0.4) is 0 Å². The van der Waals surface area contributed by atoms with Gasteiger partial charge in [-0.15, -0.1) is 0 Å². The van der Waals surface area contributed by atoms with Gasteiger partial charge in [-0.2, -0.15) is 0 Å². The SMILES string of the molecule is CCCNCCNS(=O)(=O)c1ccc(CS(C)(=O)=O)cc1. The van der Waals surface area contributed by atoms with Crippen molar-refractivity contribution in [1.29, 1.82) is 0 Å². The van der Waals surface area contributed by atoms with Gasteiger partial charge in [0.05, 0.1) is 10.6 Å². The molecule has 0 saturated carbocycles. The highest BCUT2D eigenvalue weighted by molar-refractivity contribution is 7.90. The van der Waals surface area contributed by atoms with Crippen LogP contribution in [0.4, 0.5) is 0 Å². The van der Waals surface area contributed by atoms with Crippen molar-refractivity contribution < 1.29 is 16.8 Å². The Hall–Kier alpha value is -0.960. The summed E-state index contributed by atoms with van der Waals surface area (Å²) >= 11 is 0. The topological polar surface area (TPSA) is 92.3 Å². The van der Waals surface area contributed by atoms with E-state index in [0.29, 0.717) is 18.7 Å². The quantitative estimate of drug-likeness (QED) is 0.642. The van der Waals surface area contributed by atoms with Gasteiger partial charge in [0.1, 0.15) is 0 Å². The Balaban J connectivity index is 2.63. The molecule has 0 aliphatic rings. The van der Waals surface area contributed by atoms with Gasteiger partial charge in [0, 0.05) is 19.3 Å². The van der Waals surface area contributed by atoms with E-state index >= 15 is 0 Å². The largest absolute Gasteiger partial charge is 0.315 e. The first-order valence-electron chi connectivity index (χ1n) is 6.71. The van der Waals surface area contributed by atoms with E-state index in [2.05, 4.69) is 10.0 Å². The maximum Gasteiger partial charge on any atom is 0.240 e. The molecule has 120 valence electrons. The molecule has 1 aromatic rings. The fraction of sp³-hybridized carbons (Fsp3) is 0.538. The predicted molar refractivity (Wildman–Crippen MR) is 83.3 cm³/mol. The summed E-state index contributed by atoms with van der Waals surface area (Å²) in [4.78, 5) is 0.134. The van der Waals surface area contributed by atoms with Crippen LogP contribution in [0, 0.1) is 0 Å². The Labute approximate surface area is 126 Å². The molecular formula is C13H22N2O4S2. The zero-order valence-electron chi connectivity index (χ0n) is 12.3. The van der Waals surface area contributed by atoms with Crippen LogP contribution < -0.4 is 10.0 Å². The molecule has 0 unspecified atom stereocenters. The minimum absolute atomic E-state index is 0.0955. The predicted octanol–water partition coefficient (Wildman–Crippen LogP) is 0.509. The van der Waals surface area contributed by atoms with Crippen LogP contribution in [0.1, 0.15) is 18.9 Å². The zero-order valence-corrected chi connectivity index (χ0v) is 13.9. The maximum absolute atomic E-state index is 12.0. The lowest BCUT2D eigenvalue weighted by molar-refractivity contribution is 0.575. The van der Waals surface area contributed by atoms with E-state index in [-0.39, 0.29) is 10.6 Å². The van der Waals surface area contributed by atoms with Crippen LogP contribution in [0.2, 0.25) is 0 Å². The molecule has 0 aliphatic heterocycles. The zero-order chi connectivity index (χ0) is 15.9. The van der Waals surface area contributed by atoms with Crippen LogP contribution in [0.25, 0.3) is 0 Å². The van der Waals surface area contributed by atoms with E-state index in [4.69, 9.17) is 0 Å². The van der Waals surface area contributed by atoms with Crippen molar-refractivity contribution in [3.05, 3.63) is 29.8 Å². The maximum atomic E-state index is 12.0. The highest BCUT2D eigenvalue weighted by atomic mass is 32.2. The molecule has 0 aromatic heterocycles. The fourth-order valence-corrected chi connectivity index (χ4v) is 3.56. The van der Waals surface area contributed by atoms with Gasteiger partial charge < -0.3 is 5.32 Å². The summed E-state index contributed by atoms with van der Waals surface area (Å²) in [6.07, 6.45) is 2.14. The summed E-state index contributed by atoms with van der Waals surface area (Å²) in [5, 5.41) is 3.10. The molecule has 0 spiro atoms. The summed E-state index contributed by atoms with van der Waals surface area (Å²) in [6.45, 7) is 3.77. The van der Waals surface area contributed by atoms with Crippen molar-refractivity contribution >= 4 is 19.9 Å². The van der Waals surface area contributed by atoms with E-state index in [0.717, 1.165) is 19.2 Å². The van der Waals surface area contributed by atoms with Gasteiger partial charge in [-0.25, -0.2) is 21.6 Å². The molecule has 1 aromatic carbocycles. The summed E-state index contributed by atoms with van der Waals surface area (Å²) in [6, 6.07) is 5.88. The highest BCUT2D eigenvalue weighted by Crippen LogP contribution is 2.12. The number of sulfone groups is 1. The minimum Gasteiger partial charge on any atom is -0.315 e. The van der Waals surface area contributed by atoms with E-state index in [1.807, 2.05) is 6.92 Å². The third-order valence-electron chi connectivity index (χ3n) is 2.68. The molecule has 0 saturated heterocycles. The normalized spacial score (nSPS) is 12.5. The van der Waals surface area contributed by atoms with Gasteiger partial charge in [-0.05, 0) is 30.7 Å². The molecule has 0 aliphatic carbocycles. The number of rotatable bonds is 9. The summed E-state index contributed by atoms with van der Waals surface area (Å²) in [5.74, 6) is -0.0955. The summed E-state index contributed by atoms with van der Waals surface area (Å²) in [5.41, 5.74) is 0.570. The van der Waals surface area contributed by atoms with E-state index in [1.165, 1.54) is 24.3 Å². The average molecular weight is 334 g/mol. The summed E-state index contributed by atoms with van der Waals surface area (Å²) in [7, 11) is -6.67. The summed E-state index contributed by atoms with van der Waals surface area (Å²) < 4.78 is 48.8.